The van der Waals surface area contributed by atoms with Crippen LogP contribution < -0.4 is 0 Å². The molecule has 3 aromatic rings. The zero-order valence-corrected chi connectivity index (χ0v) is 11.4. The highest BCUT2D eigenvalue weighted by atomic mass is 35.5. The van der Waals surface area contributed by atoms with E-state index in [4.69, 9.17) is 16.7 Å². The van der Waals surface area contributed by atoms with Crippen LogP contribution in [0, 0.1) is 5.82 Å². The van der Waals surface area contributed by atoms with Crippen molar-refractivity contribution in [1.29, 1.82) is 0 Å². The molecular formula is C16H13ClFNO. The normalized spacial score (nSPS) is 11.2. The topological polar surface area (TPSA) is 25.2 Å². The fraction of sp³-hybridized carbons (Fsp3) is 0.125. The van der Waals surface area contributed by atoms with Gasteiger partial charge in [-0.3, -0.25) is 0 Å². The third-order valence-electron chi connectivity index (χ3n) is 3.37. The Bertz CT molecular complexity index is 766. The molecule has 0 bridgehead atoms. The lowest BCUT2D eigenvalue weighted by Gasteiger charge is -2.07. The molecule has 20 heavy (non-hydrogen) atoms. The van der Waals surface area contributed by atoms with Crippen LogP contribution in [0.15, 0.2) is 48.7 Å². The predicted molar refractivity (Wildman–Crippen MR) is 78.4 cm³/mol. The number of aliphatic hydroxyl groups is 1. The zero-order chi connectivity index (χ0) is 14.1. The minimum absolute atomic E-state index is 0.0208. The Hall–Kier alpha value is -1.84. The monoisotopic (exact) mass is 289 g/mol. The van der Waals surface area contributed by atoms with Crippen molar-refractivity contribution in [2.75, 3.05) is 0 Å². The average Bonchev–Trinajstić information content (AvgIpc) is 2.84. The zero-order valence-electron chi connectivity index (χ0n) is 10.7. The maximum absolute atomic E-state index is 13.8. The van der Waals surface area contributed by atoms with E-state index >= 15 is 0 Å². The van der Waals surface area contributed by atoms with Crippen molar-refractivity contribution in [3.8, 4) is 0 Å². The SMILES string of the molecule is OCc1ccc2c(ccn2Cc2ccc(Cl)cc2F)c1. The van der Waals surface area contributed by atoms with Crippen molar-refractivity contribution in [2.24, 2.45) is 0 Å². The van der Waals surface area contributed by atoms with Crippen LogP contribution in [0.3, 0.4) is 0 Å². The first-order valence-corrected chi connectivity index (χ1v) is 6.68. The lowest BCUT2D eigenvalue weighted by atomic mass is 10.1. The number of hydrogen-bond acceptors (Lipinski definition) is 1. The number of aliphatic hydroxyl groups excluding tert-OH is 1. The van der Waals surface area contributed by atoms with Crippen LogP contribution >= 0.6 is 11.6 Å². The molecule has 0 aliphatic rings. The van der Waals surface area contributed by atoms with Crippen LogP contribution in [0.1, 0.15) is 11.1 Å². The lowest BCUT2D eigenvalue weighted by Crippen LogP contribution is -2.00. The van der Waals surface area contributed by atoms with Crippen molar-refractivity contribution in [2.45, 2.75) is 13.2 Å². The molecule has 0 amide bonds. The predicted octanol–water partition coefficient (Wildman–Crippen LogP) is 3.97. The number of benzene rings is 2. The van der Waals surface area contributed by atoms with E-state index in [0.717, 1.165) is 16.5 Å². The van der Waals surface area contributed by atoms with E-state index in [1.807, 2.05) is 35.0 Å². The number of rotatable bonds is 3. The summed E-state index contributed by atoms with van der Waals surface area (Å²) in [4.78, 5) is 0. The summed E-state index contributed by atoms with van der Waals surface area (Å²) in [6.07, 6.45) is 1.92. The first-order chi connectivity index (χ1) is 9.67. The van der Waals surface area contributed by atoms with Crippen LogP contribution in [-0.2, 0) is 13.2 Å². The molecule has 0 fully saturated rings. The van der Waals surface area contributed by atoms with Gasteiger partial charge in [0.05, 0.1) is 13.2 Å². The van der Waals surface area contributed by atoms with Gasteiger partial charge in [0.2, 0.25) is 0 Å². The van der Waals surface area contributed by atoms with Crippen molar-refractivity contribution >= 4 is 22.5 Å². The van der Waals surface area contributed by atoms with Crippen molar-refractivity contribution in [3.63, 3.8) is 0 Å². The molecule has 0 atom stereocenters. The van der Waals surface area contributed by atoms with Gasteiger partial charge in [0.15, 0.2) is 0 Å². The summed E-state index contributed by atoms with van der Waals surface area (Å²) in [5.74, 6) is -0.300. The number of halogens is 2. The van der Waals surface area contributed by atoms with Gasteiger partial charge in [-0.2, -0.15) is 0 Å². The van der Waals surface area contributed by atoms with Crippen molar-refractivity contribution < 1.29 is 9.50 Å². The third-order valence-corrected chi connectivity index (χ3v) is 3.61. The summed E-state index contributed by atoms with van der Waals surface area (Å²) in [6, 6.07) is 12.4. The molecule has 1 N–H and O–H groups in total. The van der Waals surface area contributed by atoms with Gasteiger partial charge in [-0.25, -0.2) is 4.39 Å². The summed E-state index contributed by atoms with van der Waals surface area (Å²) in [7, 11) is 0. The first kappa shape index (κ1) is 13.2. The summed E-state index contributed by atoms with van der Waals surface area (Å²) in [6.45, 7) is 0.470. The molecular weight excluding hydrogens is 277 g/mol. The van der Waals surface area contributed by atoms with Crippen LogP contribution in [0.4, 0.5) is 4.39 Å². The molecule has 0 saturated carbocycles. The minimum Gasteiger partial charge on any atom is -0.392 e. The van der Waals surface area contributed by atoms with Gasteiger partial charge < -0.3 is 9.67 Å². The largest absolute Gasteiger partial charge is 0.392 e. The summed E-state index contributed by atoms with van der Waals surface area (Å²) >= 11 is 5.76. The van der Waals surface area contributed by atoms with Gasteiger partial charge in [-0.05, 0) is 41.3 Å². The summed E-state index contributed by atoms with van der Waals surface area (Å²) < 4.78 is 15.8. The molecule has 1 aromatic heterocycles. The second kappa shape index (κ2) is 5.27. The van der Waals surface area contributed by atoms with Gasteiger partial charge in [0, 0.05) is 22.3 Å². The number of fused-ring (bicyclic) bond motifs is 1. The second-order valence-corrected chi connectivity index (χ2v) is 5.17. The molecule has 0 saturated heterocycles. The summed E-state index contributed by atoms with van der Waals surface area (Å²) in [5, 5.41) is 10.6. The molecule has 4 heteroatoms. The van der Waals surface area contributed by atoms with E-state index < -0.39 is 0 Å². The quantitative estimate of drug-likeness (QED) is 0.775. The number of nitrogens with zero attached hydrogens (tertiary/aromatic N) is 1. The smallest absolute Gasteiger partial charge is 0.129 e. The lowest BCUT2D eigenvalue weighted by molar-refractivity contribution is 0.282. The van der Waals surface area contributed by atoms with Gasteiger partial charge in [0.1, 0.15) is 5.82 Å². The first-order valence-electron chi connectivity index (χ1n) is 6.30. The van der Waals surface area contributed by atoms with Crippen LogP contribution in [0.5, 0.6) is 0 Å². The van der Waals surface area contributed by atoms with Gasteiger partial charge in [-0.15, -0.1) is 0 Å². The molecule has 0 aliphatic carbocycles. The Morgan fingerprint density at radius 3 is 2.70 bits per heavy atom. The van der Waals surface area contributed by atoms with Gasteiger partial charge >= 0.3 is 0 Å². The standard InChI is InChI=1S/C16H13ClFNO/c17-14-3-2-13(15(18)8-14)9-19-6-5-12-7-11(10-20)1-4-16(12)19/h1-8,20H,9-10H2. The number of aromatic nitrogens is 1. The van der Waals surface area contributed by atoms with E-state index in [-0.39, 0.29) is 12.4 Å². The van der Waals surface area contributed by atoms with E-state index in [0.29, 0.717) is 17.1 Å². The van der Waals surface area contributed by atoms with E-state index in [1.165, 1.54) is 6.07 Å². The molecule has 1 heterocycles. The highest BCUT2D eigenvalue weighted by molar-refractivity contribution is 6.30. The molecule has 0 unspecified atom stereocenters. The Morgan fingerprint density at radius 1 is 1.10 bits per heavy atom. The van der Waals surface area contributed by atoms with E-state index in [2.05, 4.69) is 0 Å². The minimum atomic E-state index is -0.300. The fourth-order valence-electron chi connectivity index (χ4n) is 2.32. The highest BCUT2D eigenvalue weighted by Gasteiger charge is 2.07. The highest BCUT2D eigenvalue weighted by Crippen LogP contribution is 2.21. The molecule has 0 radical (unpaired) electrons. The Balaban J connectivity index is 1.98. The summed E-state index contributed by atoms with van der Waals surface area (Å²) in [5.41, 5.74) is 2.47. The fourth-order valence-corrected chi connectivity index (χ4v) is 2.48. The van der Waals surface area contributed by atoms with Crippen LogP contribution in [0.2, 0.25) is 5.02 Å². The maximum Gasteiger partial charge on any atom is 0.129 e. The maximum atomic E-state index is 13.8. The van der Waals surface area contributed by atoms with E-state index in [1.54, 1.807) is 12.1 Å². The van der Waals surface area contributed by atoms with Crippen LogP contribution in [-0.4, -0.2) is 9.67 Å². The average molecular weight is 290 g/mol. The number of hydrogen-bond donors (Lipinski definition) is 1. The van der Waals surface area contributed by atoms with E-state index in [9.17, 15) is 4.39 Å². The molecule has 0 aliphatic heterocycles. The molecule has 2 aromatic carbocycles. The third kappa shape index (κ3) is 2.42. The molecule has 3 rings (SSSR count). The molecule has 2 nitrogen and oxygen atoms in total. The molecule has 102 valence electrons. The Kier molecular flexibility index (Phi) is 3.47. The van der Waals surface area contributed by atoms with Crippen molar-refractivity contribution in [3.05, 3.63) is 70.6 Å². The Morgan fingerprint density at radius 2 is 1.95 bits per heavy atom. The van der Waals surface area contributed by atoms with Crippen molar-refractivity contribution in [1.82, 2.24) is 4.57 Å². The van der Waals surface area contributed by atoms with Gasteiger partial charge in [-0.1, -0.05) is 23.7 Å². The second-order valence-electron chi connectivity index (χ2n) is 4.73. The Labute approximate surface area is 121 Å². The van der Waals surface area contributed by atoms with Crippen LogP contribution in [0.25, 0.3) is 10.9 Å². The van der Waals surface area contributed by atoms with Gasteiger partial charge in [0.25, 0.3) is 0 Å². The molecule has 0 spiro atoms.